The SMILES string of the molecule is Cc1ccc2c(c1)NC(=NC(C)(C)C)C2=NC(C)(C)C. The van der Waals surface area contributed by atoms with Crippen molar-refractivity contribution in [2.75, 3.05) is 5.32 Å². The summed E-state index contributed by atoms with van der Waals surface area (Å²) in [4.78, 5) is 9.66. The molecule has 3 nitrogen and oxygen atoms in total. The number of nitrogens with zero attached hydrogens (tertiary/aromatic N) is 2. The average molecular weight is 271 g/mol. The maximum absolute atomic E-state index is 4.87. The molecule has 0 bridgehead atoms. The van der Waals surface area contributed by atoms with Crippen molar-refractivity contribution in [1.82, 2.24) is 0 Å². The summed E-state index contributed by atoms with van der Waals surface area (Å²) in [5.41, 5.74) is 4.22. The van der Waals surface area contributed by atoms with Gasteiger partial charge in [-0.25, -0.2) is 0 Å². The molecule has 1 heterocycles. The number of aryl methyl sites for hydroxylation is 1. The normalized spacial score (nSPS) is 19.4. The molecule has 0 atom stereocenters. The van der Waals surface area contributed by atoms with Crippen molar-refractivity contribution in [2.45, 2.75) is 59.5 Å². The van der Waals surface area contributed by atoms with Crippen molar-refractivity contribution in [3.8, 4) is 0 Å². The molecular weight excluding hydrogens is 246 g/mol. The number of nitrogens with one attached hydrogen (secondary N) is 1. The average Bonchev–Trinajstić information content (AvgIpc) is 2.51. The number of aliphatic imine (C=N–C) groups is 2. The molecule has 0 amide bonds. The van der Waals surface area contributed by atoms with E-state index in [4.69, 9.17) is 9.98 Å². The van der Waals surface area contributed by atoms with Crippen LogP contribution in [0.1, 0.15) is 52.7 Å². The Morgan fingerprint density at radius 2 is 1.50 bits per heavy atom. The van der Waals surface area contributed by atoms with Crippen LogP contribution in [0.25, 0.3) is 0 Å². The number of fused-ring (bicyclic) bond motifs is 1. The minimum absolute atomic E-state index is 0.123. The van der Waals surface area contributed by atoms with Gasteiger partial charge in [-0.1, -0.05) is 12.1 Å². The van der Waals surface area contributed by atoms with E-state index in [1.165, 1.54) is 5.56 Å². The second kappa shape index (κ2) is 4.72. The lowest BCUT2D eigenvalue weighted by Gasteiger charge is -2.17. The first-order valence-electron chi connectivity index (χ1n) is 7.13. The van der Waals surface area contributed by atoms with E-state index >= 15 is 0 Å². The van der Waals surface area contributed by atoms with Gasteiger partial charge in [0.05, 0.1) is 11.1 Å². The molecule has 108 valence electrons. The molecule has 2 rings (SSSR count). The molecule has 1 aliphatic heterocycles. The Morgan fingerprint density at radius 3 is 2.05 bits per heavy atom. The number of hydrogen-bond acceptors (Lipinski definition) is 2. The highest BCUT2D eigenvalue weighted by Crippen LogP contribution is 2.28. The van der Waals surface area contributed by atoms with Gasteiger partial charge >= 0.3 is 0 Å². The molecule has 0 saturated heterocycles. The smallest absolute Gasteiger partial charge is 0.152 e. The van der Waals surface area contributed by atoms with Crippen molar-refractivity contribution in [1.29, 1.82) is 0 Å². The summed E-state index contributed by atoms with van der Waals surface area (Å²) in [6.07, 6.45) is 0. The fourth-order valence-electron chi connectivity index (χ4n) is 2.15. The van der Waals surface area contributed by atoms with Crippen LogP contribution in [0.5, 0.6) is 0 Å². The molecule has 0 aromatic heterocycles. The first kappa shape index (κ1) is 14.8. The van der Waals surface area contributed by atoms with Gasteiger partial charge in [0.25, 0.3) is 0 Å². The largest absolute Gasteiger partial charge is 0.338 e. The molecule has 0 radical (unpaired) electrons. The summed E-state index contributed by atoms with van der Waals surface area (Å²) < 4.78 is 0. The lowest BCUT2D eigenvalue weighted by molar-refractivity contribution is 0.580. The van der Waals surface area contributed by atoms with Crippen LogP contribution in [0.2, 0.25) is 0 Å². The van der Waals surface area contributed by atoms with Crippen molar-refractivity contribution >= 4 is 17.2 Å². The van der Waals surface area contributed by atoms with Crippen LogP contribution in [0.4, 0.5) is 5.69 Å². The van der Waals surface area contributed by atoms with Gasteiger partial charge in [0.1, 0.15) is 5.71 Å². The van der Waals surface area contributed by atoms with Crippen molar-refractivity contribution in [2.24, 2.45) is 9.98 Å². The van der Waals surface area contributed by atoms with Gasteiger partial charge in [0, 0.05) is 11.3 Å². The molecule has 1 aliphatic rings. The summed E-state index contributed by atoms with van der Waals surface area (Å²) >= 11 is 0. The van der Waals surface area contributed by atoms with E-state index in [1.807, 2.05) is 0 Å². The molecule has 20 heavy (non-hydrogen) atoms. The number of benzene rings is 1. The van der Waals surface area contributed by atoms with Crippen LogP contribution >= 0.6 is 0 Å². The van der Waals surface area contributed by atoms with E-state index < -0.39 is 0 Å². The summed E-state index contributed by atoms with van der Waals surface area (Å²) in [6.45, 7) is 14.7. The molecule has 0 spiro atoms. The molecule has 1 aromatic carbocycles. The van der Waals surface area contributed by atoms with Gasteiger partial charge in [-0.15, -0.1) is 0 Å². The zero-order valence-corrected chi connectivity index (χ0v) is 13.6. The van der Waals surface area contributed by atoms with Crippen LogP contribution in [-0.2, 0) is 0 Å². The minimum atomic E-state index is -0.127. The Bertz CT molecular complexity index is 581. The third-order valence-corrected chi connectivity index (χ3v) is 2.80. The summed E-state index contributed by atoms with van der Waals surface area (Å²) in [5, 5.41) is 3.42. The molecule has 0 saturated carbocycles. The number of rotatable bonds is 0. The number of hydrogen-bond donors (Lipinski definition) is 1. The van der Waals surface area contributed by atoms with Gasteiger partial charge in [-0.3, -0.25) is 9.98 Å². The third kappa shape index (κ3) is 3.47. The lowest BCUT2D eigenvalue weighted by atomic mass is 10.1. The second-order valence-corrected chi connectivity index (χ2v) is 7.44. The maximum atomic E-state index is 4.87. The predicted octanol–water partition coefficient (Wildman–Crippen LogP) is 4.21. The van der Waals surface area contributed by atoms with Crippen LogP contribution in [0.15, 0.2) is 28.2 Å². The topological polar surface area (TPSA) is 36.8 Å². The Morgan fingerprint density at radius 1 is 0.900 bits per heavy atom. The first-order chi connectivity index (χ1) is 9.05. The van der Waals surface area contributed by atoms with Gasteiger partial charge < -0.3 is 5.32 Å². The molecule has 0 aliphatic carbocycles. The van der Waals surface area contributed by atoms with E-state index in [0.29, 0.717) is 0 Å². The van der Waals surface area contributed by atoms with Gasteiger partial charge in [0.2, 0.25) is 0 Å². The maximum Gasteiger partial charge on any atom is 0.152 e. The van der Waals surface area contributed by atoms with Crippen LogP contribution < -0.4 is 5.32 Å². The van der Waals surface area contributed by atoms with Gasteiger partial charge in [0.15, 0.2) is 5.84 Å². The Balaban J connectivity index is 2.58. The Kier molecular flexibility index (Phi) is 3.49. The van der Waals surface area contributed by atoms with Crippen molar-refractivity contribution < 1.29 is 0 Å². The highest BCUT2D eigenvalue weighted by atomic mass is 15.1. The third-order valence-electron chi connectivity index (χ3n) is 2.80. The fourth-order valence-corrected chi connectivity index (χ4v) is 2.15. The van der Waals surface area contributed by atoms with E-state index in [2.05, 4.69) is 72.0 Å². The summed E-state index contributed by atoms with van der Waals surface area (Å²) in [5.74, 6) is 0.882. The van der Waals surface area contributed by atoms with Gasteiger partial charge in [-0.05, 0) is 60.1 Å². The zero-order chi connectivity index (χ0) is 15.1. The standard InChI is InChI=1S/C17H25N3/c1-11-8-9-12-13(10-11)18-15(20-17(5,6)7)14(12)19-16(2,3)4/h8-10H,1-7H3,(H,18,19,20). The molecule has 0 fully saturated rings. The van der Waals surface area contributed by atoms with Crippen LogP contribution in [0.3, 0.4) is 0 Å². The van der Waals surface area contributed by atoms with Crippen molar-refractivity contribution in [3.63, 3.8) is 0 Å². The van der Waals surface area contributed by atoms with Gasteiger partial charge in [-0.2, -0.15) is 0 Å². The van der Waals surface area contributed by atoms with E-state index in [1.54, 1.807) is 0 Å². The van der Waals surface area contributed by atoms with Crippen LogP contribution in [0, 0.1) is 6.92 Å². The molecule has 0 unspecified atom stereocenters. The highest BCUT2D eigenvalue weighted by Gasteiger charge is 2.27. The molecule has 1 aromatic rings. The number of anilines is 1. The van der Waals surface area contributed by atoms with Crippen molar-refractivity contribution in [3.05, 3.63) is 29.3 Å². The molecule has 3 heteroatoms. The summed E-state index contributed by atoms with van der Waals surface area (Å²) in [6, 6.07) is 6.41. The Hall–Kier alpha value is -1.64. The van der Waals surface area contributed by atoms with E-state index in [-0.39, 0.29) is 11.1 Å². The second-order valence-electron chi connectivity index (χ2n) is 7.44. The summed E-state index contributed by atoms with van der Waals surface area (Å²) in [7, 11) is 0. The fraction of sp³-hybridized carbons (Fsp3) is 0.529. The van der Waals surface area contributed by atoms with Crippen LogP contribution in [-0.4, -0.2) is 22.6 Å². The Labute approximate surface area is 122 Å². The predicted molar refractivity (Wildman–Crippen MR) is 88.3 cm³/mol. The first-order valence-corrected chi connectivity index (χ1v) is 7.13. The lowest BCUT2D eigenvalue weighted by Crippen LogP contribution is -2.25. The molecule has 1 N–H and O–H groups in total. The molecular formula is C17H25N3. The van der Waals surface area contributed by atoms with E-state index in [0.717, 1.165) is 22.8 Å². The highest BCUT2D eigenvalue weighted by molar-refractivity contribution is 6.56. The van der Waals surface area contributed by atoms with E-state index in [9.17, 15) is 0 Å². The quantitative estimate of drug-likeness (QED) is 0.754. The zero-order valence-electron chi connectivity index (χ0n) is 13.6. The monoisotopic (exact) mass is 271 g/mol. The number of amidine groups is 1. The minimum Gasteiger partial charge on any atom is -0.338 e.